The number of alkyl halides is 3. The molecule has 0 aliphatic heterocycles. The number of hydrogen-bond donors (Lipinski definition) is 2. The van der Waals surface area contributed by atoms with Crippen molar-refractivity contribution < 1.29 is 18.1 Å². The lowest BCUT2D eigenvalue weighted by Crippen LogP contribution is -2.29. The summed E-state index contributed by atoms with van der Waals surface area (Å²) in [6.07, 6.45) is -4.64. The van der Waals surface area contributed by atoms with E-state index in [0.717, 1.165) is 12.1 Å². The van der Waals surface area contributed by atoms with Gasteiger partial charge >= 0.3 is 6.18 Å². The van der Waals surface area contributed by atoms with Crippen LogP contribution in [-0.2, 0) is 6.18 Å². The number of hydrogen-bond acceptors (Lipinski definition) is 4. The van der Waals surface area contributed by atoms with E-state index in [1.807, 2.05) is 0 Å². The van der Waals surface area contributed by atoms with Crippen LogP contribution < -0.4 is 10.6 Å². The highest BCUT2D eigenvalue weighted by Gasteiger charge is 2.35. The van der Waals surface area contributed by atoms with Crippen LogP contribution in [0.15, 0.2) is 18.2 Å². The Morgan fingerprint density at radius 3 is 2.53 bits per heavy atom. The Morgan fingerprint density at radius 2 is 2.05 bits per heavy atom. The second-order valence-corrected chi connectivity index (χ2v) is 4.06. The monoisotopic (exact) mass is 277 g/mol. The topological polar surface area (TPSA) is 67.2 Å². The fourth-order valence-corrected chi connectivity index (χ4v) is 1.40. The van der Waals surface area contributed by atoms with Gasteiger partial charge in [0.2, 0.25) is 0 Å². The summed E-state index contributed by atoms with van der Waals surface area (Å²) in [4.78, 5) is 9.66. The molecule has 0 aliphatic rings. The Hall–Kier alpha value is -1.83. The molecule has 1 aromatic rings. The van der Waals surface area contributed by atoms with Gasteiger partial charge in [0.1, 0.15) is 0 Å². The van der Waals surface area contributed by atoms with Crippen LogP contribution in [0.2, 0.25) is 0 Å². The number of nitro benzene ring substituents is 1. The minimum Gasteiger partial charge on any atom is -0.383 e. The van der Waals surface area contributed by atoms with Gasteiger partial charge in [-0.15, -0.1) is 0 Å². The first-order valence-corrected chi connectivity index (χ1v) is 5.52. The summed E-state index contributed by atoms with van der Waals surface area (Å²) in [5.74, 6) is 0. The number of nitro groups is 1. The zero-order valence-electron chi connectivity index (χ0n) is 10.4. The minimum absolute atomic E-state index is 0.0312. The van der Waals surface area contributed by atoms with Crippen LogP contribution in [0, 0.1) is 10.1 Å². The molecule has 0 radical (unpaired) electrons. The van der Waals surface area contributed by atoms with Gasteiger partial charge < -0.3 is 10.6 Å². The van der Waals surface area contributed by atoms with Crippen molar-refractivity contribution in [2.24, 2.45) is 0 Å². The van der Waals surface area contributed by atoms with Crippen LogP contribution >= 0.6 is 0 Å². The van der Waals surface area contributed by atoms with Crippen molar-refractivity contribution in [2.75, 3.05) is 18.9 Å². The maximum absolute atomic E-state index is 12.8. The van der Waals surface area contributed by atoms with E-state index in [1.165, 1.54) is 0 Å². The van der Waals surface area contributed by atoms with E-state index in [0.29, 0.717) is 6.07 Å². The minimum atomic E-state index is -4.64. The number of halogens is 3. The summed E-state index contributed by atoms with van der Waals surface area (Å²) in [5.41, 5.74) is -1.79. The molecule has 0 aromatic heterocycles. The highest BCUT2D eigenvalue weighted by atomic mass is 19.4. The molecule has 1 atom stereocenters. The Balaban J connectivity index is 3.06. The first-order valence-electron chi connectivity index (χ1n) is 5.52. The largest absolute Gasteiger partial charge is 0.418 e. The van der Waals surface area contributed by atoms with Gasteiger partial charge in [0, 0.05) is 30.4 Å². The molecule has 106 valence electrons. The van der Waals surface area contributed by atoms with Crippen LogP contribution in [0.5, 0.6) is 0 Å². The van der Waals surface area contributed by atoms with E-state index in [9.17, 15) is 23.3 Å². The number of rotatable bonds is 5. The molecule has 2 N–H and O–H groups in total. The zero-order chi connectivity index (χ0) is 14.6. The van der Waals surface area contributed by atoms with Crippen LogP contribution in [-0.4, -0.2) is 24.6 Å². The maximum atomic E-state index is 12.8. The van der Waals surface area contributed by atoms with Crippen molar-refractivity contribution in [3.05, 3.63) is 33.9 Å². The third kappa shape index (κ3) is 4.09. The van der Waals surface area contributed by atoms with Gasteiger partial charge in [-0.3, -0.25) is 10.1 Å². The quantitative estimate of drug-likeness (QED) is 0.641. The lowest BCUT2D eigenvalue weighted by atomic mass is 10.1. The predicted octanol–water partition coefficient (Wildman–Crippen LogP) is 2.63. The lowest BCUT2D eigenvalue weighted by Gasteiger charge is -2.17. The molecule has 0 fully saturated rings. The number of nitrogens with one attached hydrogen (secondary N) is 2. The number of anilines is 1. The fraction of sp³-hybridized carbons (Fsp3) is 0.455. The van der Waals surface area contributed by atoms with Gasteiger partial charge in [0.05, 0.1) is 10.5 Å². The summed E-state index contributed by atoms with van der Waals surface area (Å²) >= 11 is 0. The molecular formula is C11H14F3N3O2. The second-order valence-electron chi connectivity index (χ2n) is 4.06. The summed E-state index contributed by atoms with van der Waals surface area (Å²) in [6.45, 7) is 2.07. The molecule has 0 spiro atoms. The van der Waals surface area contributed by atoms with Gasteiger partial charge in [0.25, 0.3) is 5.69 Å². The van der Waals surface area contributed by atoms with Gasteiger partial charge in [0.15, 0.2) is 0 Å². The molecule has 0 heterocycles. The first kappa shape index (κ1) is 15.2. The predicted molar refractivity (Wildman–Crippen MR) is 65.1 cm³/mol. The lowest BCUT2D eigenvalue weighted by molar-refractivity contribution is -0.385. The van der Waals surface area contributed by atoms with Gasteiger partial charge in [-0.25, -0.2) is 0 Å². The summed E-state index contributed by atoms with van der Waals surface area (Å²) in [7, 11) is 1.69. The standard InChI is InChI=1S/C11H14F3N3O2/c1-7(15-2)6-16-10-4-3-8(17(18)19)5-9(10)11(12,13)14/h3-5,7,15-16H,6H2,1-2H3. The normalized spacial score (nSPS) is 13.1. The maximum Gasteiger partial charge on any atom is 0.418 e. The summed E-state index contributed by atoms with van der Waals surface area (Å²) in [6, 6.07) is 2.62. The van der Waals surface area contributed by atoms with Gasteiger partial charge in [-0.1, -0.05) is 0 Å². The Morgan fingerprint density at radius 1 is 1.42 bits per heavy atom. The molecule has 0 bridgehead atoms. The Bertz CT molecular complexity index is 463. The van der Waals surface area contributed by atoms with E-state index >= 15 is 0 Å². The second kappa shape index (κ2) is 5.87. The third-order valence-corrected chi connectivity index (χ3v) is 2.61. The first-order chi connectivity index (χ1) is 8.75. The van der Waals surface area contributed by atoms with E-state index in [-0.39, 0.29) is 18.3 Å². The molecule has 0 saturated carbocycles. The molecule has 5 nitrogen and oxygen atoms in total. The molecule has 1 rings (SSSR count). The number of likely N-dealkylation sites (N-methyl/N-ethyl adjacent to an activating group) is 1. The van der Waals surface area contributed by atoms with Crippen molar-refractivity contribution in [3.8, 4) is 0 Å². The zero-order valence-corrected chi connectivity index (χ0v) is 10.4. The number of nitrogens with zero attached hydrogens (tertiary/aromatic N) is 1. The van der Waals surface area contributed by atoms with Crippen molar-refractivity contribution in [2.45, 2.75) is 19.1 Å². The Kier molecular flexibility index (Phi) is 4.71. The molecule has 1 aromatic carbocycles. The van der Waals surface area contributed by atoms with Crippen LogP contribution in [0.1, 0.15) is 12.5 Å². The van der Waals surface area contributed by atoms with Crippen molar-refractivity contribution >= 4 is 11.4 Å². The average molecular weight is 277 g/mol. The molecule has 19 heavy (non-hydrogen) atoms. The van der Waals surface area contributed by atoms with Crippen LogP contribution in [0.4, 0.5) is 24.5 Å². The molecule has 0 aliphatic carbocycles. The van der Waals surface area contributed by atoms with Gasteiger partial charge in [-0.2, -0.15) is 13.2 Å². The van der Waals surface area contributed by atoms with Gasteiger partial charge in [-0.05, 0) is 20.0 Å². The van der Waals surface area contributed by atoms with E-state index in [2.05, 4.69) is 10.6 Å². The smallest absolute Gasteiger partial charge is 0.383 e. The SMILES string of the molecule is CNC(C)CNc1ccc([N+](=O)[O-])cc1C(F)(F)F. The highest BCUT2D eigenvalue weighted by Crippen LogP contribution is 2.36. The molecule has 1 unspecified atom stereocenters. The summed E-state index contributed by atoms with van der Waals surface area (Å²) < 4.78 is 38.5. The average Bonchev–Trinajstić information content (AvgIpc) is 2.34. The number of non-ortho nitro benzene ring substituents is 1. The van der Waals surface area contributed by atoms with Crippen LogP contribution in [0.3, 0.4) is 0 Å². The molecule has 0 saturated heterocycles. The Labute approximate surface area is 108 Å². The summed E-state index contributed by atoms with van der Waals surface area (Å²) in [5, 5.41) is 16.0. The molecule has 0 amide bonds. The molecular weight excluding hydrogens is 263 g/mol. The van der Waals surface area contributed by atoms with Crippen molar-refractivity contribution in [3.63, 3.8) is 0 Å². The van der Waals surface area contributed by atoms with Crippen LogP contribution in [0.25, 0.3) is 0 Å². The number of benzene rings is 1. The molecule has 8 heteroatoms. The van der Waals surface area contributed by atoms with E-state index in [4.69, 9.17) is 0 Å². The van der Waals surface area contributed by atoms with Crippen molar-refractivity contribution in [1.29, 1.82) is 0 Å². The van der Waals surface area contributed by atoms with E-state index < -0.39 is 22.4 Å². The van der Waals surface area contributed by atoms with E-state index in [1.54, 1.807) is 14.0 Å². The third-order valence-electron chi connectivity index (χ3n) is 2.61. The van der Waals surface area contributed by atoms with Crippen molar-refractivity contribution in [1.82, 2.24) is 5.32 Å². The highest BCUT2D eigenvalue weighted by molar-refractivity contribution is 5.57. The fourth-order valence-electron chi connectivity index (χ4n) is 1.40.